The lowest BCUT2D eigenvalue weighted by atomic mass is 10.1. The van der Waals surface area contributed by atoms with Crippen LogP contribution in [0.2, 0.25) is 5.02 Å². The van der Waals surface area contributed by atoms with Gasteiger partial charge in [-0.25, -0.2) is 4.68 Å². The Morgan fingerprint density at radius 1 is 1.25 bits per heavy atom. The highest BCUT2D eigenvalue weighted by atomic mass is 35.5. The highest BCUT2D eigenvalue weighted by Gasteiger charge is 2.28. The molecule has 2 heterocycles. The molecule has 1 N–H and O–H groups in total. The Bertz CT molecular complexity index is 1430. The van der Waals surface area contributed by atoms with Crippen LogP contribution in [0.25, 0.3) is 21.8 Å². The van der Waals surface area contributed by atoms with Crippen molar-refractivity contribution >= 4 is 39.1 Å². The maximum atomic E-state index is 13.3. The van der Waals surface area contributed by atoms with Crippen LogP contribution >= 0.6 is 11.6 Å². The summed E-state index contributed by atoms with van der Waals surface area (Å²) in [5.74, 6) is 0. The van der Waals surface area contributed by atoms with Gasteiger partial charge in [-0.05, 0) is 45.0 Å². The predicted molar refractivity (Wildman–Crippen MR) is 127 cm³/mol. The van der Waals surface area contributed by atoms with Gasteiger partial charge in [0.15, 0.2) is 6.23 Å². The van der Waals surface area contributed by atoms with E-state index in [0.29, 0.717) is 39.4 Å². The molecule has 0 bridgehead atoms. The molecule has 1 unspecified atom stereocenters. The van der Waals surface area contributed by atoms with E-state index in [0.717, 1.165) is 10.9 Å². The third-order valence-electron chi connectivity index (χ3n) is 5.75. The van der Waals surface area contributed by atoms with Gasteiger partial charge in [0, 0.05) is 34.9 Å². The van der Waals surface area contributed by atoms with Gasteiger partial charge in [-0.2, -0.15) is 10.4 Å². The summed E-state index contributed by atoms with van der Waals surface area (Å²) >= 11 is 6.21. The predicted octanol–water partition coefficient (Wildman–Crippen LogP) is 4.51. The largest absolute Gasteiger partial charge is 0.368 e. The Balaban J connectivity index is 2.07. The molecule has 1 atom stereocenters. The van der Waals surface area contributed by atoms with Gasteiger partial charge in [-0.3, -0.25) is 4.79 Å². The maximum absolute atomic E-state index is 13.3. The van der Waals surface area contributed by atoms with Crippen LogP contribution in [0.1, 0.15) is 44.3 Å². The molecule has 4 rings (SSSR count). The van der Waals surface area contributed by atoms with Gasteiger partial charge in [0.1, 0.15) is 17.3 Å². The summed E-state index contributed by atoms with van der Waals surface area (Å²) in [7, 11) is 1.84. The van der Waals surface area contributed by atoms with Crippen molar-refractivity contribution in [2.45, 2.75) is 33.0 Å². The van der Waals surface area contributed by atoms with Crippen LogP contribution in [0.5, 0.6) is 0 Å². The first-order valence-corrected chi connectivity index (χ1v) is 10.8. The molecule has 0 aliphatic carbocycles. The molecule has 2 aromatic carbocycles. The Morgan fingerprint density at radius 3 is 2.62 bits per heavy atom. The van der Waals surface area contributed by atoms with Crippen molar-refractivity contribution < 1.29 is 5.11 Å². The number of halogens is 1. The second-order valence-electron chi connectivity index (χ2n) is 7.96. The van der Waals surface area contributed by atoms with E-state index in [1.807, 2.05) is 56.7 Å². The number of nitrogens with zero attached hydrogens (tertiary/aromatic N) is 5. The maximum Gasteiger partial charge on any atom is 0.291 e. The number of para-hydroxylation sites is 1. The first-order chi connectivity index (χ1) is 15.3. The Morgan fingerprint density at radius 2 is 1.97 bits per heavy atom. The number of hydrogen-bond acceptors (Lipinski definition) is 5. The minimum absolute atomic E-state index is 0.202. The molecule has 0 aliphatic rings. The van der Waals surface area contributed by atoms with Crippen molar-refractivity contribution in [1.29, 1.82) is 5.26 Å². The van der Waals surface area contributed by atoms with E-state index in [1.165, 1.54) is 4.68 Å². The summed E-state index contributed by atoms with van der Waals surface area (Å²) in [6.07, 6.45) is -1.20. The van der Waals surface area contributed by atoms with Crippen molar-refractivity contribution in [2.24, 2.45) is 7.05 Å². The number of aliphatic hydroxyl groups excluding tert-OH is 1. The topological polar surface area (TPSA) is 87.1 Å². The molecule has 164 valence electrons. The van der Waals surface area contributed by atoms with Gasteiger partial charge in [-0.15, -0.1) is 0 Å². The smallest absolute Gasteiger partial charge is 0.291 e. The number of hydrogen-bond donors (Lipinski definition) is 1. The Kier molecular flexibility index (Phi) is 5.68. The van der Waals surface area contributed by atoms with Crippen LogP contribution in [0.4, 0.5) is 5.69 Å². The lowest BCUT2D eigenvalue weighted by Gasteiger charge is -2.30. The SMILES string of the molecule is CCN(c1cc(Cl)ccc1C#N)C(O)c1nn(C(C)C)c(=O)c2c1c1ccccc1n2C. The number of anilines is 1. The summed E-state index contributed by atoms with van der Waals surface area (Å²) in [5, 5.41) is 27.7. The van der Waals surface area contributed by atoms with Crippen molar-refractivity contribution in [3.8, 4) is 6.07 Å². The normalized spacial score (nSPS) is 12.4. The fourth-order valence-corrected chi connectivity index (χ4v) is 4.38. The van der Waals surface area contributed by atoms with Gasteiger partial charge < -0.3 is 14.6 Å². The molecule has 0 spiro atoms. The van der Waals surface area contributed by atoms with Gasteiger partial charge in [0.05, 0.1) is 17.3 Å². The average molecular weight is 450 g/mol. The number of nitriles is 1. The second-order valence-corrected chi connectivity index (χ2v) is 8.40. The van der Waals surface area contributed by atoms with Crippen molar-refractivity contribution in [2.75, 3.05) is 11.4 Å². The zero-order valence-corrected chi connectivity index (χ0v) is 19.1. The number of rotatable bonds is 5. The Hall–Kier alpha value is -3.34. The minimum Gasteiger partial charge on any atom is -0.368 e. The van der Waals surface area contributed by atoms with E-state index in [9.17, 15) is 15.2 Å². The highest BCUT2D eigenvalue weighted by molar-refractivity contribution is 6.30. The van der Waals surface area contributed by atoms with E-state index in [2.05, 4.69) is 11.2 Å². The van der Waals surface area contributed by atoms with Gasteiger partial charge >= 0.3 is 0 Å². The fourth-order valence-electron chi connectivity index (χ4n) is 4.21. The van der Waals surface area contributed by atoms with Gasteiger partial charge in [0.2, 0.25) is 0 Å². The van der Waals surface area contributed by atoms with Crippen LogP contribution in [0, 0.1) is 11.3 Å². The molecule has 0 fully saturated rings. The summed E-state index contributed by atoms with van der Waals surface area (Å²) < 4.78 is 3.25. The molecular weight excluding hydrogens is 426 g/mol. The first kappa shape index (κ1) is 21.9. The molecule has 0 amide bonds. The molecular formula is C24H24ClN5O2. The molecule has 0 radical (unpaired) electrons. The van der Waals surface area contributed by atoms with Gasteiger partial charge in [0.25, 0.3) is 5.56 Å². The zero-order valence-electron chi connectivity index (χ0n) is 18.4. The molecule has 0 saturated heterocycles. The quantitative estimate of drug-likeness (QED) is 0.453. The fraction of sp³-hybridized carbons (Fsp3) is 0.292. The van der Waals surface area contributed by atoms with Gasteiger partial charge in [-0.1, -0.05) is 29.8 Å². The molecule has 4 aromatic rings. The van der Waals surface area contributed by atoms with Crippen LogP contribution in [-0.2, 0) is 7.05 Å². The molecule has 0 saturated carbocycles. The zero-order chi connectivity index (χ0) is 23.2. The summed E-state index contributed by atoms with van der Waals surface area (Å²) in [5.41, 5.74) is 2.39. The lowest BCUT2D eigenvalue weighted by molar-refractivity contribution is 0.166. The van der Waals surface area contributed by atoms with Crippen LogP contribution < -0.4 is 10.5 Å². The van der Waals surface area contributed by atoms with Crippen LogP contribution in [0.15, 0.2) is 47.3 Å². The standard InChI is InChI=1S/C24H24ClN5O2/c1-5-29(19-12-16(25)11-10-15(19)13-26)23(31)21-20-17-8-6-7-9-18(17)28(4)22(20)24(32)30(27-21)14(2)3/h6-12,14,23,31H,5H2,1-4H3. The van der Waals surface area contributed by atoms with E-state index in [4.69, 9.17) is 11.6 Å². The third kappa shape index (κ3) is 3.32. The van der Waals surface area contributed by atoms with Crippen LogP contribution in [0.3, 0.4) is 0 Å². The number of aromatic nitrogens is 3. The van der Waals surface area contributed by atoms with Crippen LogP contribution in [-0.4, -0.2) is 26.0 Å². The highest BCUT2D eigenvalue weighted by Crippen LogP contribution is 2.35. The van der Waals surface area contributed by atoms with Crippen molar-refractivity contribution in [3.05, 3.63) is 69.1 Å². The minimum atomic E-state index is -1.20. The van der Waals surface area contributed by atoms with E-state index in [-0.39, 0.29) is 11.6 Å². The molecule has 7 nitrogen and oxygen atoms in total. The summed E-state index contributed by atoms with van der Waals surface area (Å²) in [4.78, 5) is 15.0. The molecule has 32 heavy (non-hydrogen) atoms. The summed E-state index contributed by atoms with van der Waals surface area (Å²) in [6, 6.07) is 14.6. The third-order valence-corrected chi connectivity index (χ3v) is 5.98. The Labute approximate surface area is 190 Å². The van der Waals surface area contributed by atoms with E-state index in [1.54, 1.807) is 23.1 Å². The average Bonchev–Trinajstić information content (AvgIpc) is 3.08. The number of fused-ring (bicyclic) bond motifs is 3. The lowest BCUT2D eigenvalue weighted by Crippen LogP contribution is -2.33. The molecule has 2 aromatic heterocycles. The van der Waals surface area contributed by atoms with Crippen molar-refractivity contribution in [3.63, 3.8) is 0 Å². The number of benzene rings is 2. The first-order valence-electron chi connectivity index (χ1n) is 10.4. The number of aryl methyl sites for hydroxylation is 1. The monoisotopic (exact) mass is 449 g/mol. The number of aliphatic hydroxyl groups is 1. The molecule has 8 heteroatoms. The summed E-state index contributed by atoms with van der Waals surface area (Å²) in [6.45, 7) is 6.03. The molecule has 0 aliphatic heterocycles. The van der Waals surface area contributed by atoms with E-state index < -0.39 is 6.23 Å². The second kappa shape index (κ2) is 8.30. The van der Waals surface area contributed by atoms with Crippen molar-refractivity contribution in [1.82, 2.24) is 14.3 Å². The van der Waals surface area contributed by atoms with E-state index >= 15 is 0 Å².